The first-order chi connectivity index (χ1) is 9.73. The van der Waals surface area contributed by atoms with Crippen LogP contribution in [0.25, 0.3) is 11.2 Å². The molecule has 0 bridgehead atoms. The van der Waals surface area contributed by atoms with Gasteiger partial charge in [-0.05, 0) is 29.8 Å². The Labute approximate surface area is 128 Å². The van der Waals surface area contributed by atoms with Crippen molar-refractivity contribution < 1.29 is 4.79 Å². The van der Waals surface area contributed by atoms with Gasteiger partial charge in [0.05, 0.1) is 0 Å². The summed E-state index contributed by atoms with van der Waals surface area (Å²) < 4.78 is 4.11. The van der Waals surface area contributed by atoms with Crippen LogP contribution in [0.4, 0.5) is 0 Å². The molecule has 0 atom stereocenters. The molecule has 0 aromatic carbocycles. The Kier molecular flexibility index (Phi) is 4.04. The molecule has 0 fully saturated rings. The number of carbonyl (C=O) groups is 1. The standard InChI is InChI=1S/C12H16BrN5O3/c1-6(2)14-7(19)5-18-9-8(15-11(18)13)10(20)17(4)12(21)16(9)3/h6H,5H2,1-4H3,(H,14,19). The van der Waals surface area contributed by atoms with Crippen molar-refractivity contribution in [3.8, 4) is 0 Å². The molecule has 2 aromatic rings. The van der Waals surface area contributed by atoms with Crippen molar-refractivity contribution >= 4 is 33.0 Å². The Morgan fingerprint density at radius 1 is 1.29 bits per heavy atom. The van der Waals surface area contributed by atoms with E-state index in [9.17, 15) is 14.4 Å². The van der Waals surface area contributed by atoms with Crippen LogP contribution in [0.5, 0.6) is 0 Å². The summed E-state index contributed by atoms with van der Waals surface area (Å²) >= 11 is 3.23. The van der Waals surface area contributed by atoms with Crippen LogP contribution in [0.2, 0.25) is 0 Å². The minimum Gasteiger partial charge on any atom is -0.352 e. The van der Waals surface area contributed by atoms with Crippen LogP contribution in [0.3, 0.4) is 0 Å². The highest BCUT2D eigenvalue weighted by Gasteiger charge is 2.19. The minimum absolute atomic E-state index is 0.00255. The fourth-order valence-corrected chi connectivity index (χ4v) is 2.58. The molecule has 2 rings (SSSR count). The van der Waals surface area contributed by atoms with Crippen molar-refractivity contribution in [2.24, 2.45) is 14.1 Å². The predicted octanol–water partition coefficient (Wildman–Crippen LogP) is -0.279. The number of rotatable bonds is 3. The molecule has 0 aliphatic rings. The number of imidazole rings is 1. The second-order valence-corrected chi connectivity index (χ2v) is 5.78. The molecule has 1 amide bonds. The third kappa shape index (κ3) is 2.65. The summed E-state index contributed by atoms with van der Waals surface area (Å²) in [5, 5.41) is 2.75. The molecule has 0 saturated heterocycles. The maximum absolute atomic E-state index is 12.1. The summed E-state index contributed by atoms with van der Waals surface area (Å²) in [6.07, 6.45) is 0. The number of aryl methyl sites for hydroxylation is 1. The molecule has 114 valence electrons. The predicted molar refractivity (Wildman–Crippen MR) is 81.2 cm³/mol. The molecule has 21 heavy (non-hydrogen) atoms. The first kappa shape index (κ1) is 15.5. The van der Waals surface area contributed by atoms with Crippen molar-refractivity contribution in [1.29, 1.82) is 0 Å². The number of halogens is 1. The van der Waals surface area contributed by atoms with Crippen molar-refractivity contribution in [2.75, 3.05) is 0 Å². The molecular formula is C12H16BrN5O3. The zero-order chi connectivity index (χ0) is 15.9. The number of hydrogen-bond acceptors (Lipinski definition) is 4. The highest BCUT2D eigenvalue weighted by molar-refractivity contribution is 9.10. The molecule has 8 nitrogen and oxygen atoms in total. The smallest absolute Gasteiger partial charge is 0.332 e. The maximum Gasteiger partial charge on any atom is 0.332 e. The van der Waals surface area contributed by atoms with E-state index in [4.69, 9.17) is 0 Å². The molecule has 0 radical (unpaired) electrons. The number of nitrogens with zero attached hydrogens (tertiary/aromatic N) is 4. The zero-order valence-corrected chi connectivity index (χ0v) is 13.8. The van der Waals surface area contributed by atoms with Gasteiger partial charge in [-0.3, -0.25) is 23.3 Å². The van der Waals surface area contributed by atoms with Gasteiger partial charge in [-0.1, -0.05) is 0 Å². The summed E-state index contributed by atoms with van der Waals surface area (Å²) in [6.45, 7) is 3.67. The topological polar surface area (TPSA) is 90.9 Å². The lowest BCUT2D eigenvalue weighted by atomic mass is 10.4. The molecule has 0 aliphatic heterocycles. The number of hydrogen-bond donors (Lipinski definition) is 1. The third-order valence-electron chi connectivity index (χ3n) is 3.04. The summed E-state index contributed by atoms with van der Waals surface area (Å²) in [7, 11) is 2.93. The van der Waals surface area contributed by atoms with Gasteiger partial charge in [0.15, 0.2) is 15.9 Å². The lowest BCUT2D eigenvalue weighted by Crippen LogP contribution is -2.38. The Morgan fingerprint density at radius 3 is 2.48 bits per heavy atom. The van der Waals surface area contributed by atoms with E-state index in [-0.39, 0.29) is 24.0 Å². The molecule has 2 heterocycles. The Morgan fingerprint density at radius 2 is 1.90 bits per heavy atom. The summed E-state index contributed by atoms with van der Waals surface area (Å²) in [6, 6.07) is 0.00255. The lowest BCUT2D eigenvalue weighted by Gasteiger charge is -2.11. The van der Waals surface area contributed by atoms with Crippen LogP contribution in [0.15, 0.2) is 14.3 Å². The third-order valence-corrected chi connectivity index (χ3v) is 3.65. The van der Waals surface area contributed by atoms with Crippen molar-refractivity contribution in [3.63, 3.8) is 0 Å². The van der Waals surface area contributed by atoms with Gasteiger partial charge in [0, 0.05) is 20.1 Å². The Bertz CT molecular complexity index is 830. The molecular weight excluding hydrogens is 342 g/mol. The van der Waals surface area contributed by atoms with Crippen LogP contribution in [0, 0.1) is 0 Å². The Balaban J connectivity index is 2.66. The highest BCUT2D eigenvalue weighted by Crippen LogP contribution is 2.16. The van der Waals surface area contributed by atoms with E-state index in [0.29, 0.717) is 10.4 Å². The van der Waals surface area contributed by atoms with E-state index in [2.05, 4.69) is 26.2 Å². The molecule has 0 aliphatic carbocycles. The number of aromatic nitrogens is 4. The number of nitrogens with one attached hydrogen (secondary N) is 1. The first-order valence-corrected chi connectivity index (χ1v) is 7.14. The Hall–Kier alpha value is -1.90. The molecule has 0 unspecified atom stereocenters. The second kappa shape index (κ2) is 5.47. The van der Waals surface area contributed by atoms with E-state index in [1.54, 1.807) is 0 Å². The monoisotopic (exact) mass is 357 g/mol. The van der Waals surface area contributed by atoms with Gasteiger partial charge >= 0.3 is 5.69 Å². The summed E-state index contributed by atoms with van der Waals surface area (Å²) in [5.74, 6) is -0.224. The van der Waals surface area contributed by atoms with Crippen LogP contribution in [-0.4, -0.2) is 30.6 Å². The van der Waals surface area contributed by atoms with Crippen molar-refractivity contribution in [3.05, 3.63) is 25.6 Å². The number of amides is 1. The number of fused-ring (bicyclic) bond motifs is 1. The molecule has 9 heteroatoms. The van der Waals surface area contributed by atoms with E-state index < -0.39 is 11.2 Å². The van der Waals surface area contributed by atoms with Crippen LogP contribution >= 0.6 is 15.9 Å². The van der Waals surface area contributed by atoms with Crippen LogP contribution < -0.4 is 16.6 Å². The van der Waals surface area contributed by atoms with Gasteiger partial charge in [0.2, 0.25) is 5.91 Å². The highest BCUT2D eigenvalue weighted by atomic mass is 79.9. The summed E-state index contributed by atoms with van der Waals surface area (Å²) in [4.78, 5) is 40.1. The quantitative estimate of drug-likeness (QED) is 0.765. The molecule has 0 spiro atoms. The lowest BCUT2D eigenvalue weighted by molar-refractivity contribution is -0.122. The molecule has 2 aromatic heterocycles. The van der Waals surface area contributed by atoms with Gasteiger partial charge in [-0.15, -0.1) is 0 Å². The van der Waals surface area contributed by atoms with Crippen molar-refractivity contribution in [1.82, 2.24) is 24.0 Å². The van der Waals surface area contributed by atoms with Gasteiger partial charge in [0.25, 0.3) is 5.56 Å². The maximum atomic E-state index is 12.1. The fourth-order valence-electron chi connectivity index (χ4n) is 2.11. The largest absolute Gasteiger partial charge is 0.352 e. The van der Waals surface area contributed by atoms with Gasteiger partial charge in [-0.2, -0.15) is 0 Å². The SMILES string of the molecule is CC(C)NC(=O)Cn1c(Br)nc2c(=O)n(C)c(=O)n(C)c21. The van der Waals surface area contributed by atoms with Gasteiger partial charge in [-0.25, -0.2) is 9.78 Å². The molecule has 1 N–H and O–H groups in total. The van der Waals surface area contributed by atoms with Crippen molar-refractivity contribution in [2.45, 2.75) is 26.4 Å². The van der Waals surface area contributed by atoms with Crippen LogP contribution in [0.1, 0.15) is 13.8 Å². The van der Waals surface area contributed by atoms with E-state index in [1.165, 1.54) is 23.2 Å². The number of carbonyl (C=O) groups excluding carboxylic acids is 1. The van der Waals surface area contributed by atoms with Gasteiger partial charge in [0.1, 0.15) is 6.54 Å². The zero-order valence-electron chi connectivity index (χ0n) is 12.2. The average Bonchev–Trinajstić information content (AvgIpc) is 2.70. The van der Waals surface area contributed by atoms with Crippen LogP contribution in [-0.2, 0) is 25.4 Å². The minimum atomic E-state index is -0.489. The summed E-state index contributed by atoms with van der Waals surface area (Å²) in [5.41, 5.74) is -0.500. The van der Waals surface area contributed by atoms with E-state index >= 15 is 0 Å². The van der Waals surface area contributed by atoms with E-state index in [0.717, 1.165) is 4.57 Å². The normalized spacial score (nSPS) is 11.3. The van der Waals surface area contributed by atoms with Gasteiger partial charge < -0.3 is 5.32 Å². The molecule has 0 saturated carbocycles. The second-order valence-electron chi connectivity index (χ2n) is 5.07. The van der Waals surface area contributed by atoms with E-state index in [1.807, 2.05) is 13.8 Å². The average molecular weight is 358 g/mol. The first-order valence-electron chi connectivity index (χ1n) is 6.35. The fraction of sp³-hybridized carbons (Fsp3) is 0.500.